The van der Waals surface area contributed by atoms with Crippen LogP contribution in [0, 0.1) is 0 Å². The maximum absolute atomic E-state index is 12.3. The van der Waals surface area contributed by atoms with Crippen LogP contribution in [-0.2, 0) is 5.41 Å². The Balaban J connectivity index is 1.70. The highest BCUT2D eigenvalue weighted by atomic mass is 16.1. The van der Waals surface area contributed by atoms with E-state index in [0.29, 0.717) is 17.2 Å². The SMILES string of the molecule is CC(C)(C)c1ccc(C(=O)Nc2cnc(-n3ccnc3)nc2)cc1. The van der Waals surface area contributed by atoms with Gasteiger partial charge in [-0.15, -0.1) is 0 Å². The molecule has 0 fully saturated rings. The molecule has 6 nitrogen and oxygen atoms in total. The molecule has 0 aliphatic carbocycles. The average molecular weight is 321 g/mol. The molecule has 122 valence electrons. The Kier molecular flexibility index (Phi) is 4.12. The van der Waals surface area contributed by atoms with Crippen molar-refractivity contribution in [3.63, 3.8) is 0 Å². The van der Waals surface area contributed by atoms with E-state index in [4.69, 9.17) is 0 Å². The minimum Gasteiger partial charge on any atom is -0.319 e. The Bertz CT molecular complexity index is 815. The van der Waals surface area contributed by atoms with Crippen LogP contribution in [-0.4, -0.2) is 25.4 Å². The lowest BCUT2D eigenvalue weighted by Crippen LogP contribution is -2.14. The van der Waals surface area contributed by atoms with Crippen LogP contribution in [0.25, 0.3) is 5.95 Å². The number of nitrogens with one attached hydrogen (secondary N) is 1. The monoisotopic (exact) mass is 321 g/mol. The zero-order chi connectivity index (χ0) is 17.2. The molecule has 0 spiro atoms. The first-order valence-corrected chi connectivity index (χ1v) is 7.66. The number of imidazole rings is 1. The number of hydrogen-bond acceptors (Lipinski definition) is 4. The summed E-state index contributed by atoms with van der Waals surface area (Å²) in [4.78, 5) is 24.7. The number of aromatic nitrogens is 4. The van der Waals surface area contributed by atoms with Crippen LogP contribution in [0.4, 0.5) is 5.69 Å². The van der Waals surface area contributed by atoms with Crippen molar-refractivity contribution in [3.8, 4) is 5.95 Å². The van der Waals surface area contributed by atoms with Crippen molar-refractivity contribution in [2.75, 3.05) is 5.32 Å². The Morgan fingerprint density at radius 3 is 2.29 bits per heavy atom. The zero-order valence-corrected chi connectivity index (χ0v) is 13.9. The van der Waals surface area contributed by atoms with E-state index in [1.807, 2.05) is 24.3 Å². The number of hydrogen-bond donors (Lipinski definition) is 1. The van der Waals surface area contributed by atoms with Crippen molar-refractivity contribution in [1.29, 1.82) is 0 Å². The molecule has 0 unspecified atom stereocenters. The van der Waals surface area contributed by atoms with Gasteiger partial charge < -0.3 is 5.32 Å². The largest absolute Gasteiger partial charge is 0.319 e. The summed E-state index contributed by atoms with van der Waals surface area (Å²) in [6, 6.07) is 7.62. The summed E-state index contributed by atoms with van der Waals surface area (Å²) in [7, 11) is 0. The molecule has 6 heteroatoms. The number of carbonyl (C=O) groups is 1. The molecular formula is C18H19N5O. The van der Waals surface area contributed by atoms with Gasteiger partial charge in [-0.2, -0.15) is 0 Å². The maximum atomic E-state index is 12.3. The molecular weight excluding hydrogens is 302 g/mol. The van der Waals surface area contributed by atoms with Gasteiger partial charge in [0.15, 0.2) is 0 Å². The fourth-order valence-electron chi connectivity index (χ4n) is 2.22. The summed E-state index contributed by atoms with van der Waals surface area (Å²) in [5, 5.41) is 2.80. The van der Waals surface area contributed by atoms with Gasteiger partial charge in [0.25, 0.3) is 5.91 Å². The summed E-state index contributed by atoms with van der Waals surface area (Å²) in [6.45, 7) is 6.42. The highest BCUT2D eigenvalue weighted by Gasteiger charge is 2.14. The zero-order valence-electron chi connectivity index (χ0n) is 13.9. The molecule has 0 aliphatic rings. The van der Waals surface area contributed by atoms with Gasteiger partial charge in [-0.3, -0.25) is 9.36 Å². The van der Waals surface area contributed by atoms with Crippen molar-refractivity contribution < 1.29 is 4.79 Å². The van der Waals surface area contributed by atoms with Crippen LogP contribution in [0.5, 0.6) is 0 Å². The van der Waals surface area contributed by atoms with Crippen molar-refractivity contribution in [2.45, 2.75) is 26.2 Å². The van der Waals surface area contributed by atoms with E-state index in [9.17, 15) is 4.79 Å². The van der Waals surface area contributed by atoms with Crippen molar-refractivity contribution >= 4 is 11.6 Å². The summed E-state index contributed by atoms with van der Waals surface area (Å²) < 4.78 is 1.69. The second kappa shape index (κ2) is 6.23. The number of carbonyl (C=O) groups excluding carboxylic acids is 1. The molecule has 2 aromatic heterocycles. The topological polar surface area (TPSA) is 72.7 Å². The Morgan fingerprint density at radius 1 is 1.08 bits per heavy atom. The third-order valence-electron chi connectivity index (χ3n) is 3.64. The van der Waals surface area contributed by atoms with Crippen molar-refractivity contribution in [2.24, 2.45) is 0 Å². The molecule has 2 heterocycles. The summed E-state index contributed by atoms with van der Waals surface area (Å²) >= 11 is 0. The van der Waals surface area contributed by atoms with Gasteiger partial charge in [-0.25, -0.2) is 15.0 Å². The van der Waals surface area contributed by atoms with E-state index < -0.39 is 0 Å². The standard InChI is InChI=1S/C18H19N5O/c1-18(2,3)14-6-4-13(5-7-14)16(24)22-15-10-20-17(21-11-15)23-9-8-19-12-23/h4-12H,1-3H3,(H,22,24). The van der Waals surface area contributed by atoms with E-state index in [1.165, 1.54) is 5.56 Å². The average Bonchev–Trinajstić information content (AvgIpc) is 3.09. The van der Waals surface area contributed by atoms with Gasteiger partial charge in [-0.05, 0) is 23.1 Å². The number of nitrogens with zero attached hydrogens (tertiary/aromatic N) is 4. The van der Waals surface area contributed by atoms with Crippen LogP contribution in [0.2, 0.25) is 0 Å². The molecule has 3 rings (SSSR count). The first-order chi connectivity index (χ1) is 11.4. The lowest BCUT2D eigenvalue weighted by Gasteiger charge is -2.19. The number of anilines is 1. The number of amides is 1. The van der Waals surface area contributed by atoms with Gasteiger partial charge in [0.1, 0.15) is 6.33 Å². The fourth-order valence-corrected chi connectivity index (χ4v) is 2.22. The normalized spacial score (nSPS) is 11.3. The van der Waals surface area contributed by atoms with Crippen LogP contribution < -0.4 is 5.32 Å². The van der Waals surface area contributed by atoms with E-state index in [-0.39, 0.29) is 11.3 Å². The minimum atomic E-state index is -0.186. The Hall–Kier alpha value is -3.02. The molecule has 1 amide bonds. The van der Waals surface area contributed by atoms with Crippen LogP contribution in [0.3, 0.4) is 0 Å². The lowest BCUT2D eigenvalue weighted by molar-refractivity contribution is 0.102. The van der Waals surface area contributed by atoms with Gasteiger partial charge in [0, 0.05) is 18.0 Å². The first-order valence-electron chi connectivity index (χ1n) is 7.66. The second-order valence-corrected chi connectivity index (χ2v) is 6.52. The Labute approximate surface area is 140 Å². The third kappa shape index (κ3) is 3.48. The van der Waals surface area contributed by atoms with Gasteiger partial charge >= 0.3 is 0 Å². The number of rotatable bonds is 3. The Morgan fingerprint density at radius 2 is 1.75 bits per heavy atom. The van der Waals surface area contributed by atoms with E-state index in [0.717, 1.165) is 0 Å². The van der Waals surface area contributed by atoms with Crippen LogP contribution >= 0.6 is 0 Å². The van der Waals surface area contributed by atoms with Gasteiger partial charge in [-0.1, -0.05) is 32.9 Å². The molecule has 0 aliphatic heterocycles. The van der Waals surface area contributed by atoms with Gasteiger partial charge in [0.05, 0.1) is 18.1 Å². The molecule has 0 atom stereocenters. The maximum Gasteiger partial charge on any atom is 0.255 e. The second-order valence-electron chi connectivity index (χ2n) is 6.52. The molecule has 0 saturated heterocycles. The molecule has 0 saturated carbocycles. The molecule has 0 bridgehead atoms. The molecule has 3 aromatic rings. The third-order valence-corrected chi connectivity index (χ3v) is 3.64. The molecule has 0 radical (unpaired) electrons. The van der Waals surface area contributed by atoms with E-state index in [2.05, 4.69) is 41.0 Å². The number of benzene rings is 1. The summed E-state index contributed by atoms with van der Waals surface area (Å²) in [6.07, 6.45) is 8.17. The summed E-state index contributed by atoms with van der Waals surface area (Å²) in [5.74, 6) is 0.314. The molecule has 24 heavy (non-hydrogen) atoms. The quantitative estimate of drug-likeness (QED) is 0.804. The first kappa shape index (κ1) is 15.9. The smallest absolute Gasteiger partial charge is 0.255 e. The van der Waals surface area contributed by atoms with Crippen molar-refractivity contribution in [3.05, 3.63) is 66.5 Å². The fraction of sp³-hybridized carbons (Fsp3) is 0.222. The van der Waals surface area contributed by atoms with Crippen molar-refractivity contribution in [1.82, 2.24) is 19.5 Å². The highest BCUT2D eigenvalue weighted by Crippen LogP contribution is 2.22. The molecule has 1 N–H and O–H groups in total. The van der Waals surface area contributed by atoms with Crippen LogP contribution in [0.1, 0.15) is 36.7 Å². The van der Waals surface area contributed by atoms with Crippen LogP contribution in [0.15, 0.2) is 55.4 Å². The predicted molar refractivity (Wildman–Crippen MR) is 92.2 cm³/mol. The van der Waals surface area contributed by atoms with E-state index in [1.54, 1.807) is 35.7 Å². The minimum absolute atomic E-state index is 0.0615. The predicted octanol–water partition coefficient (Wildman–Crippen LogP) is 3.21. The van der Waals surface area contributed by atoms with E-state index >= 15 is 0 Å². The molecule has 1 aromatic carbocycles. The van der Waals surface area contributed by atoms with Gasteiger partial charge in [0.2, 0.25) is 5.95 Å². The highest BCUT2D eigenvalue weighted by molar-refractivity contribution is 6.04. The lowest BCUT2D eigenvalue weighted by atomic mass is 9.87. The summed E-state index contributed by atoms with van der Waals surface area (Å²) in [5.41, 5.74) is 2.39.